The molecule has 1 fully saturated rings. The van der Waals surface area contributed by atoms with Crippen LogP contribution in [-0.4, -0.2) is 34.4 Å². The van der Waals surface area contributed by atoms with Crippen LogP contribution >= 0.6 is 0 Å². The van der Waals surface area contributed by atoms with E-state index in [0.29, 0.717) is 25.7 Å². The molecule has 1 aromatic rings. The molecular weight excluding hydrogens is 454 g/mol. The first-order chi connectivity index (χ1) is 6.27. The molecule has 2 heterocycles. The van der Waals surface area contributed by atoms with Crippen LogP contribution in [0, 0.1) is 5.92 Å². The number of carboxylic acid groups (broad SMARTS) is 1. The smallest absolute Gasteiger partial charge is 0.870 e. The Balaban J connectivity index is 0. The van der Waals surface area contributed by atoms with Gasteiger partial charge in [0.15, 0.2) is 0 Å². The summed E-state index contributed by atoms with van der Waals surface area (Å²) in [6.07, 6.45) is 1.46. The molecule has 1 N–H and O–H groups in total. The zero-order chi connectivity index (χ0) is 9.26. The second-order valence-electron chi connectivity index (χ2n) is 3.09. The summed E-state index contributed by atoms with van der Waals surface area (Å²) in [5.74, 6) is -0.796. The fourth-order valence-electron chi connectivity index (χ4n) is 1.29. The van der Waals surface area contributed by atoms with Gasteiger partial charge in [-0.15, -0.1) is 0 Å². The molecule has 1 aromatic heterocycles. The molecule has 0 aromatic carbocycles. The summed E-state index contributed by atoms with van der Waals surface area (Å²) in [6.45, 7) is 1.97. The molecule has 0 radical (unpaired) electrons. The van der Waals surface area contributed by atoms with Crippen LogP contribution in [0.5, 0.6) is 0 Å². The second-order valence-corrected chi connectivity index (χ2v) is 3.09. The molecule has 78 valence electrons. The van der Waals surface area contributed by atoms with Crippen molar-refractivity contribution in [2.75, 3.05) is 13.2 Å². The first kappa shape index (κ1) is 21.0. The van der Waals surface area contributed by atoms with Gasteiger partial charge < -0.3 is 20.1 Å². The monoisotopic (exact) mass is 464 g/mol. The minimum atomic E-state index is -1.18. The number of aromatic nitrogens is 2. The van der Waals surface area contributed by atoms with Gasteiger partial charge in [-0.2, -0.15) is 5.10 Å². The molecule has 0 aliphatic carbocycles. The maximum absolute atomic E-state index is 10.6. The Morgan fingerprint density at radius 2 is 2.19 bits per heavy atom. The largest absolute Gasteiger partial charge is 1.00 e. The SMILES string of the molecule is O=C([O-])c1ccnn1CC1COC1.[Cs+].[Cs+].[OH-]. The number of nitrogens with zero attached hydrogens (tertiary/aromatic N) is 2. The predicted molar refractivity (Wildman–Crippen MR) is 42.8 cm³/mol. The van der Waals surface area contributed by atoms with Crippen molar-refractivity contribution < 1.29 is 158 Å². The summed E-state index contributed by atoms with van der Waals surface area (Å²) in [5, 5.41) is 14.5. The first-order valence-corrected chi connectivity index (χ1v) is 4.08. The van der Waals surface area contributed by atoms with E-state index >= 15 is 0 Å². The van der Waals surface area contributed by atoms with Crippen molar-refractivity contribution in [1.29, 1.82) is 0 Å². The van der Waals surface area contributed by atoms with Gasteiger partial charge in [0.25, 0.3) is 0 Å². The third-order valence-electron chi connectivity index (χ3n) is 2.06. The molecule has 0 amide bonds. The van der Waals surface area contributed by atoms with Crippen molar-refractivity contribution >= 4 is 5.97 Å². The number of carbonyl (C=O) groups excluding carboxylic acids is 1. The predicted octanol–water partition coefficient (Wildman–Crippen LogP) is -7.28. The molecule has 1 aliphatic rings. The molecular formula is C8H10Cs2N2O4. The van der Waals surface area contributed by atoms with Crippen LogP contribution in [0.4, 0.5) is 0 Å². The molecule has 2 rings (SSSR count). The fourth-order valence-corrected chi connectivity index (χ4v) is 1.29. The summed E-state index contributed by atoms with van der Waals surface area (Å²) in [5.41, 5.74) is 0.131. The van der Waals surface area contributed by atoms with Gasteiger partial charge in [0.05, 0.1) is 24.9 Å². The van der Waals surface area contributed by atoms with Crippen molar-refractivity contribution in [3.05, 3.63) is 18.0 Å². The molecule has 0 saturated carbocycles. The fraction of sp³-hybridized carbons (Fsp3) is 0.500. The van der Waals surface area contributed by atoms with E-state index in [4.69, 9.17) is 4.74 Å². The van der Waals surface area contributed by atoms with E-state index in [2.05, 4.69) is 5.10 Å². The number of aromatic carboxylic acids is 1. The zero-order valence-corrected chi connectivity index (χ0v) is 22.0. The summed E-state index contributed by atoms with van der Waals surface area (Å²) in [6, 6.07) is 1.44. The Labute approximate surface area is 211 Å². The number of hydrogen-bond acceptors (Lipinski definition) is 5. The van der Waals surface area contributed by atoms with Gasteiger partial charge in [-0.1, -0.05) is 0 Å². The molecule has 0 bridgehead atoms. The van der Waals surface area contributed by atoms with E-state index < -0.39 is 5.97 Å². The average Bonchev–Trinajstić information content (AvgIpc) is 2.44. The van der Waals surface area contributed by atoms with Crippen LogP contribution in [0.3, 0.4) is 0 Å². The molecule has 1 saturated heterocycles. The minimum Gasteiger partial charge on any atom is -0.870 e. The second kappa shape index (κ2) is 10.5. The normalized spacial score (nSPS) is 13.8. The molecule has 6 nitrogen and oxygen atoms in total. The molecule has 1 aliphatic heterocycles. The van der Waals surface area contributed by atoms with Gasteiger partial charge >= 0.3 is 138 Å². The van der Waals surface area contributed by atoms with Crippen LogP contribution in [-0.2, 0) is 11.3 Å². The topological polar surface area (TPSA) is 97.2 Å². The Bertz CT molecular complexity index is 328. The number of carboxylic acids is 1. The van der Waals surface area contributed by atoms with Gasteiger partial charge in [0.1, 0.15) is 0 Å². The quantitative estimate of drug-likeness (QED) is 0.443. The van der Waals surface area contributed by atoms with Gasteiger partial charge in [-0.25, -0.2) is 0 Å². The number of hydrogen-bond donors (Lipinski definition) is 0. The minimum absolute atomic E-state index is 0. The third kappa shape index (κ3) is 5.78. The van der Waals surface area contributed by atoms with E-state index in [9.17, 15) is 9.90 Å². The average molecular weight is 464 g/mol. The van der Waals surface area contributed by atoms with Crippen molar-refractivity contribution in [3.63, 3.8) is 0 Å². The summed E-state index contributed by atoms with van der Waals surface area (Å²) < 4.78 is 6.43. The number of carbonyl (C=O) groups is 1. The molecule has 16 heavy (non-hydrogen) atoms. The van der Waals surface area contributed by atoms with Crippen molar-refractivity contribution in [3.8, 4) is 0 Å². The number of rotatable bonds is 3. The molecule has 0 atom stereocenters. The van der Waals surface area contributed by atoms with Gasteiger partial charge in [0, 0.05) is 18.7 Å². The van der Waals surface area contributed by atoms with Crippen LogP contribution in [0.1, 0.15) is 10.5 Å². The van der Waals surface area contributed by atoms with E-state index in [-0.39, 0.29) is 149 Å². The third-order valence-corrected chi connectivity index (χ3v) is 2.06. The van der Waals surface area contributed by atoms with Gasteiger partial charge in [-0.05, 0) is 6.07 Å². The molecule has 0 unspecified atom stereocenters. The van der Waals surface area contributed by atoms with Crippen LogP contribution < -0.4 is 143 Å². The molecule has 8 heteroatoms. The van der Waals surface area contributed by atoms with Gasteiger partial charge in [-0.3, -0.25) is 4.68 Å². The maximum atomic E-state index is 10.6. The van der Waals surface area contributed by atoms with E-state index in [1.54, 1.807) is 0 Å². The van der Waals surface area contributed by atoms with Crippen LogP contribution in [0.2, 0.25) is 0 Å². The zero-order valence-electron chi connectivity index (χ0n) is 9.42. The summed E-state index contributed by atoms with van der Waals surface area (Å²) >= 11 is 0. The molecule has 0 spiro atoms. The Morgan fingerprint density at radius 1 is 1.56 bits per heavy atom. The first-order valence-electron chi connectivity index (χ1n) is 4.08. The van der Waals surface area contributed by atoms with Crippen LogP contribution in [0.15, 0.2) is 12.3 Å². The van der Waals surface area contributed by atoms with Crippen molar-refractivity contribution in [1.82, 2.24) is 9.78 Å². The summed E-state index contributed by atoms with van der Waals surface area (Å²) in [7, 11) is 0. The van der Waals surface area contributed by atoms with Crippen molar-refractivity contribution in [2.45, 2.75) is 6.54 Å². The Hall–Kier alpha value is 2.70. The standard InChI is InChI=1S/C8H10N2O3.2Cs.H2O/c11-8(12)7-1-2-9-10(7)3-6-4-13-5-6;;;/h1-2,6H,3-5H2,(H,11,12);;;1H2/q;2*+1;/p-2. The summed E-state index contributed by atoms with van der Waals surface area (Å²) in [4.78, 5) is 10.6. The van der Waals surface area contributed by atoms with E-state index in [0.717, 1.165) is 0 Å². The number of ether oxygens (including phenoxy) is 1. The van der Waals surface area contributed by atoms with E-state index in [1.807, 2.05) is 0 Å². The maximum Gasteiger partial charge on any atom is 1.00 e. The van der Waals surface area contributed by atoms with Gasteiger partial charge in [0.2, 0.25) is 0 Å². The van der Waals surface area contributed by atoms with E-state index in [1.165, 1.54) is 16.9 Å². The Kier molecular flexibility index (Phi) is 13.8. The van der Waals surface area contributed by atoms with Crippen molar-refractivity contribution in [2.24, 2.45) is 5.92 Å². The Morgan fingerprint density at radius 3 is 2.62 bits per heavy atom. The van der Waals surface area contributed by atoms with Crippen LogP contribution in [0.25, 0.3) is 0 Å².